The SMILES string of the molecule is C[Si](C)(C)CCOCn1ncnc1C1CCCN(c2nc(OCC34CCCN3CCC4)nc3c(F)c(Cl)ncc23)C1. The van der Waals surface area contributed by atoms with Crippen molar-refractivity contribution < 1.29 is 13.9 Å². The van der Waals surface area contributed by atoms with E-state index >= 15 is 4.39 Å². The highest BCUT2D eigenvalue weighted by atomic mass is 35.5. The third-order valence-corrected chi connectivity index (χ3v) is 10.8. The molecular formula is C28H40ClFN8O2Si. The molecule has 1 atom stereocenters. The van der Waals surface area contributed by atoms with Gasteiger partial charge in [-0.05, 0) is 57.7 Å². The lowest BCUT2D eigenvalue weighted by molar-refractivity contribution is 0.0749. The van der Waals surface area contributed by atoms with Crippen LogP contribution in [0.1, 0.15) is 50.3 Å². The van der Waals surface area contributed by atoms with Crippen LogP contribution in [0, 0.1) is 5.82 Å². The summed E-state index contributed by atoms with van der Waals surface area (Å²) in [6.07, 6.45) is 9.61. The molecule has 0 N–H and O–H groups in total. The number of fused-ring (bicyclic) bond motifs is 2. The summed E-state index contributed by atoms with van der Waals surface area (Å²) in [7, 11) is -1.17. The Kier molecular flexibility index (Phi) is 8.19. The minimum Gasteiger partial charge on any atom is -0.461 e. The summed E-state index contributed by atoms with van der Waals surface area (Å²) in [6.45, 7) is 12.3. The molecule has 13 heteroatoms. The number of aromatic nitrogens is 6. The Labute approximate surface area is 246 Å². The number of nitrogens with zero attached hydrogens (tertiary/aromatic N) is 8. The van der Waals surface area contributed by atoms with Crippen molar-refractivity contribution in [3.05, 3.63) is 29.3 Å². The average Bonchev–Trinajstić information content (AvgIpc) is 3.67. The molecule has 0 saturated carbocycles. The van der Waals surface area contributed by atoms with Crippen molar-refractivity contribution in [1.82, 2.24) is 34.6 Å². The highest BCUT2D eigenvalue weighted by molar-refractivity contribution is 6.76. The summed E-state index contributed by atoms with van der Waals surface area (Å²) in [6, 6.07) is 1.29. The average molecular weight is 603 g/mol. The van der Waals surface area contributed by atoms with Crippen LogP contribution >= 0.6 is 11.6 Å². The topological polar surface area (TPSA) is 94.3 Å². The quantitative estimate of drug-likeness (QED) is 0.178. The number of anilines is 1. The predicted molar refractivity (Wildman–Crippen MR) is 159 cm³/mol. The van der Waals surface area contributed by atoms with Crippen molar-refractivity contribution in [1.29, 1.82) is 0 Å². The normalized spacial score (nSPS) is 21.1. The molecule has 222 valence electrons. The van der Waals surface area contributed by atoms with Crippen LogP contribution in [0.2, 0.25) is 30.8 Å². The Morgan fingerprint density at radius 2 is 1.90 bits per heavy atom. The van der Waals surface area contributed by atoms with E-state index in [1.165, 1.54) is 12.8 Å². The van der Waals surface area contributed by atoms with Crippen LogP contribution in [0.15, 0.2) is 12.5 Å². The van der Waals surface area contributed by atoms with Crippen molar-refractivity contribution in [3.63, 3.8) is 0 Å². The second-order valence-corrected chi connectivity index (χ2v) is 18.9. The fraction of sp³-hybridized carbons (Fsp3) is 0.679. The minimum atomic E-state index is -1.17. The zero-order valence-electron chi connectivity index (χ0n) is 24.3. The second-order valence-electron chi connectivity index (χ2n) is 12.9. The summed E-state index contributed by atoms with van der Waals surface area (Å²) in [5, 5.41) is 4.77. The molecule has 0 aromatic carbocycles. The van der Waals surface area contributed by atoms with Gasteiger partial charge in [-0.3, -0.25) is 4.90 Å². The van der Waals surface area contributed by atoms with Gasteiger partial charge >= 0.3 is 6.01 Å². The first-order valence-corrected chi connectivity index (χ1v) is 18.9. The van der Waals surface area contributed by atoms with Gasteiger partial charge in [0.05, 0.1) is 10.9 Å². The molecule has 3 aromatic rings. The van der Waals surface area contributed by atoms with Crippen molar-refractivity contribution in [2.45, 2.75) is 82.4 Å². The van der Waals surface area contributed by atoms with Crippen molar-refractivity contribution in [2.24, 2.45) is 0 Å². The molecule has 0 spiro atoms. The zero-order chi connectivity index (χ0) is 28.6. The van der Waals surface area contributed by atoms with E-state index in [2.05, 4.69) is 49.5 Å². The van der Waals surface area contributed by atoms with Crippen molar-refractivity contribution >= 4 is 36.4 Å². The van der Waals surface area contributed by atoms with E-state index in [4.69, 9.17) is 26.1 Å². The summed E-state index contributed by atoms with van der Waals surface area (Å²) < 4.78 is 29.4. The maximum Gasteiger partial charge on any atom is 0.319 e. The fourth-order valence-corrected chi connectivity index (χ4v) is 7.46. The van der Waals surface area contributed by atoms with Gasteiger partial charge in [-0.25, -0.2) is 19.0 Å². The standard InChI is InChI=1S/C28H40ClFN8O2Si/c1-41(2,3)14-13-39-19-38-25(32-18-33-38)20-7-4-10-36(16-20)26-21-15-31-24(29)22(30)23(21)34-27(35-26)40-17-28-8-5-11-37(28)12-6-9-28/h15,18,20H,4-14,16-17,19H2,1-3H3. The van der Waals surface area contributed by atoms with Gasteiger partial charge in [0.1, 0.15) is 36.8 Å². The lowest BCUT2D eigenvalue weighted by Crippen LogP contribution is -2.43. The Morgan fingerprint density at radius 3 is 2.68 bits per heavy atom. The van der Waals surface area contributed by atoms with E-state index < -0.39 is 13.9 Å². The van der Waals surface area contributed by atoms with Crippen LogP contribution in [0.4, 0.5) is 10.2 Å². The number of ether oxygens (including phenoxy) is 2. The van der Waals surface area contributed by atoms with E-state index in [1.54, 1.807) is 12.5 Å². The van der Waals surface area contributed by atoms with E-state index in [1.807, 2.05) is 4.68 Å². The largest absolute Gasteiger partial charge is 0.461 e. The molecule has 6 rings (SSSR count). The monoisotopic (exact) mass is 602 g/mol. The van der Waals surface area contributed by atoms with Gasteiger partial charge in [0.25, 0.3) is 0 Å². The lowest BCUT2D eigenvalue weighted by Gasteiger charge is -2.34. The van der Waals surface area contributed by atoms with E-state index in [9.17, 15) is 0 Å². The van der Waals surface area contributed by atoms with Gasteiger partial charge in [0.2, 0.25) is 0 Å². The van der Waals surface area contributed by atoms with Crippen LogP contribution in [0.5, 0.6) is 6.01 Å². The molecule has 3 fully saturated rings. The lowest BCUT2D eigenvalue weighted by atomic mass is 9.95. The fourth-order valence-electron chi connectivity index (χ4n) is 6.56. The van der Waals surface area contributed by atoms with E-state index in [0.29, 0.717) is 31.1 Å². The zero-order valence-corrected chi connectivity index (χ0v) is 26.0. The van der Waals surface area contributed by atoms with Crippen LogP contribution < -0.4 is 9.64 Å². The predicted octanol–water partition coefficient (Wildman–Crippen LogP) is 5.11. The molecule has 41 heavy (non-hydrogen) atoms. The number of halogens is 2. The first-order chi connectivity index (χ1) is 19.7. The molecule has 0 amide bonds. The molecule has 0 radical (unpaired) electrons. The molecule has 0 bridgehead atoms. The smallest absolute Gasteiger partial charge is 0.319 e. The van der Waals surface area contributed by atoms with Crippen molar-refractivity contribution in [3.8, 4) is 6.01 Å². The number of pyridine rings is 1. The number of rotatable bonds is 10. The maximum absolute atomic E-state index is 15.3. The van der Waals surface area contributed by atoms with E-state index in [-0.39, 0.29) is 28.1 Å². The van der Waals surface area contributed by atoms with Gasteiger partial charge in [-0.15, -0.1) is 0 Å². The van der Waals surface area contributed by atoms with Crippen LogP contribution in [0.25, 0.3) is 10.9 Å². The third-order valence-electron chi connectivity index (χ3n) is 8.82. The van der Waals surface area contributed by atoms with Gasteiger partial charge in [-0.2, -0.15) is 15.1 Å². The first kappa shape index (κ1) is 28.7. The van der Waals surface area contributed by atoms with Crippen LogP contribution in [-0.2, 0) is 11.5 Å². The van der Waals surface area contributed by atoms with Gasteiger partial charge in [-0.1, -0.05) is 31.2 Å². The highest BCUT2D eigenvalue weighted by Crippen LogP contribution is 2.40. The summed E-state index contributed by atoms with van der Waals surface area (Å²) >= 11 is 6.08. The molecule has 3 aliphatic heterocycles. The molecular weight excluding hydrogens is 563 g/mol. The van der Waals surface area contributed by atoms with Crippen LogP contribution in [-0.4, -0.2) is 87.6 Å². The highest BCUT2D eigenvalue weighted by Gasteiger charge is 2.45. The number of hydrogen-bond acceptors (Lipinski definition) is 9. The second kappa shape index (κ2) is 11.7. The Balaban J connectivity index is 1.23. The summed E-state index contributed by atoms with van der Waals surface area (Å²) in [4.78, 5) is 22.7. The molecule has 3 saturated heterocycles. The minimum absolute atomic E-state index is 0.0321. The number of hydrogen-bond donors (Lipinski definition) is 0. The molecule has 3 aromatic heterocycles. The Bertz CT molecular complexity index is 1380. The third kappa shape index (κ3) is 6.07. The first-order valence-electron chi connectivity index (χ1n) is 14.8. The summed E-state index contributed by atoms with van der Waals surface area (Å²) in [5.74, 6) is 0.979. The van der Waals surface area contributed by atoms with Gasteiger partial charge < -0.3 is 14.4 Å². The summed E-state index contributed by atoms with van der Waals surface area (Å²) in [5.41, 5.74) is 0.169. The van der Waals surface area contributed by atoms with E-state index in [0.717, 1.165) is 63.8 Å². The van der Waals surface area contributed by atoms with Crippen LogP contribution in [0.3, 0.4) is 0 Å². The molecule has 10 nitrogen and oxygen atoms in total. The molecule has 3 aliphatic rings. The Morgan fingerprint density at radius 1 is 1.10 bits per heavy atom. The van der Waals surface area contributed by atoms with Gasteiger partial charge in [0, 0.05) is 39.9 Å². The molecule has 6 heterocycles. The van der Waals surface area contributed by atoms with Gasteiger partial charge in [0.15, 0.2) is 11.0 Å². The number of piperidine rings is 1. The molecule has 0 aliphatic carbocycles. The van der Waals surface area contributed by atoms with Crippen molar-refractivity contribution in [2.75, 3.05) is 44.3 Å². The Hall–Kier alpha value is -2.41. The molecule has 1 unspecified atom stereocenters. The maximum atomic E-state index is 15.3.